The topological polar surface area (TPSA) is 60.7 Å². The Morgan fingerprint density at radius 2 is 2.16 bits per heavy atom. The van der Waals surface area contributed by atoms with Crippen LogP contribution in [0, 0.1) is 0 Å². The zero-order valence-electron chi connectivity index (χ0n) is 11.0. The summed E-state index contributed by atoms with van der Waals surface area (Å²) in [5.74, 6) is 0.450. The lowest BCUT2D eigenvalue weighted by Crippen LogP contribution is -2.04. The lowest BCUT2D eigenvalue weighted by atomic mass is 10.1. The summed E-state index contributed by atoms with van der Waals surface area (Å²) in [5, 5.41) is 10.0. The summed E-state index contributed by atoms with van der Waals surface area (Å²) in [5.41, 5.74) is 1.84. The fourth-order valence-corrected chi connectivity index (χ4v) is 2.14. The van der Waals surface area contributed by atoms with E-state index in [1.165, 1.54) is 7.11 Å². The summed E-state index contributed by atoms with van der Waals surface area (Å²) in [6.07, 6.45) is 2.08. The highest BCUT2D eigenvalue weighted by atomic mass is 16.5. The van der Waals surface area contributed by atoms with Gasteiger partial charge in [-0.25, -0.2) is 0 Å². The number of ether oxygens (including phenoxy) is 2. The van der Waals surface area contributed by atoms with E-state index in [2.05, 4.69) is 0 Å². The average Bonchev–Trinajstić information content (AvgIpc) is 2.76. The number of esters is 1. The number of aliphatic hydroxyl groups excluding tert-OH is 1. The van der Waals surface area contributed by atoms with Crippen molar-refractivity contribution in [3.8, 4) is 5.75 Å². The predicted molar refractivity (Wildman–Crippen MR) is 71.3 cm³/mol. The Bertz CT molecular complexity index is 588. The van der Waals surface area contributed by atoms with Crippen molar-refractivity contribution in [3.63, 3.8) is 0 Å². The number of benzene rings is 1. The van der Waals surface area contributed by atoms with Gasteiger partial charge in [0.25, 0.3) is 0 Å². The molecule has 0 saturated heterocycles. The molecule has 102 valence electrons. The first-order valence-electron chi connectivity index (χ1n) is 6.03. The minimum Gasteiger partial charge on any atom is -0.497 e. The van der Waals surface area contributed by atoms with E-state index in [0.29, 0.717) is 6.54 Å². The molecular formula is C14H17NO4. The first kappa shape index (κ1) is 13.4. The molecule has 0 bridgehead atoms. The molecule has 0 amide bonds. The van der Waals surface area contributed by atoms with Crippen LogP contribution in [0.15, 0.2) is 24.4 Å². The van der Waals surface area contributed by atoms with Gasteiger partial charge in [0.15, 0.2) is 0 Å². The zero-order chi connectivity index (χ0) is 13.8. The molecule has 1 aromatic heterocycles. The maximum Gasteiger partial charge on any atom is 0.310 e. The maximum absolute atomic E-state index is 11.4. The number of fused-ring (bicyclic) bond motifs is 1. The van der Waals surface area contributed by atoms with E-state index in [0.717, 1.165) is 22.2 Å². The highest BCUT2D eigenvalue weighted by molar-refractivity contribution is 5.89. The van der Waals surface area contributed by atoms with Crippen molar-refractivity contribution >= 4 is 16.9 Å². The molecule has 0 unspecified atom stereocenters. The van der Waals surface area contributed by atoms with Crippen molar-refractivity contribution in [1.29, 1.82) is 0 Å². The molecule has 2 rings (SSSR count). The van der Waals surface area contributed by atoms with E-state index in [9.17, 15) is 4.79 Å². The molecule has 19 heavy (non-hydrogen) atoms. The quantitative estimate of drug-likeness (QED) is 0.827. The van der Waals surface area contributed by atoms with E-state index < -0.39 is 0 Å². The minimum absolute atomic E-state index is 0.0491. The van der Waals surface area contributed by atoms with Gasteiger partial charge in [-0.2, -0.15) is 0 Å². The van der Waals surface area contributed by atoms with Crippen molar-refractivity contribution < 1.29 is 19.4 Å². The maximum atomic E-state index is 11.4. The molecule has 1 N–H and O–H groups in total. The average molecular weight is 263 g/mol. The summed E-state index contributed by atoms with van der Waals surface area (Å²) in [6.45, 7) is 0.539. The number of nitrogens with zero attached hydrogens (tertiary/aromatic N) is 1. The van der Waals surface area contributed by atoms with Gasteiger partial charge in [-0.15, -0.1) is 0 Å². The van der Waals surface area contributed by atoms with Crippen LogP contribution in [0.3, 0.4) is 0 Å². The van der Waals surface area contributed by atoms with Gasteiger partial charge in [0.2, 0.25) is 0 Å². The third-order valence-corrected chi connectivity index (χ3v) is 3.07. The number of carbonyl (C=O) groups excluding carboxylic acids is 1. The van der Waals surface area contributed by atoms with Crippen molar-refractivity contribution in [2.75, 3.05) is 20.8 Å². The smallest absolute Gasteiger partial charge is 0.310 e. The third-order valence-electron chi connectivity index (χ3n) is 3.07. The predicted octanol–water partition coefficient (Wildman–Crippen LogP) is 1.36. The SMILES string of the molecule is COC(=O)Cc1cn(CCO)c2ccc(OC)cc12. The Hall–Kier alpha value is -2.01. The van der Waals surface area contributed by atoms with Crippen molar-refractivity contribution in [2.24, 2.45) is 0 Å². The highest BCUT2D eigenvalue weighted by Gasteiger charge is 2.12. The van der Waals surface area contributed by atoms with Crippen LogP contribution in [0.25, 0.3) is 10.9 Å². The Balaban J connectivity index is 2.51. The molecule has 1 heterocycles. The van der Waals surface area contributed by atoms with Gasteiger partial charge in [0.1, 0.15) is 5.75 Å². The van der Waals surface area contributed by atoms with Crippen LogP contribution in [0.1, 0.15) is 5.56 Å². The fraction of sp³-hybridized carbons (Fsp3) is 0.357. The molecule has 0 aliphatic rings. The number of methoxy groups -OCH3 is 2. The minimum atomic E-state index is -0.286. The number of carbonyl (C=O) groups is 1. The van der Waals surface area contributed by atoms with Crippen LogP contribution in [0.2, 0.25) is 0 Å². The second kappa shape index (κ2) is 5.75. The van der Waals surface area contributed by atoms with Crippen molar-refractivity contribution in [2.45, 2.75) is 13.0 Å². The van der Waals surface area contributed by atoms with Crippen molar-refractivity contribution in [3.05, 3.63) is 30.0 Å². The molecule has 0 aliphatic carbocycles. The molecule has 0 aliphatic heterocycles. The zero-order valence-corrected chi connectivity index (χ0v) is 11.0. The summed E-state index contributed by atoms with van der Waals surface area (Å²) in [7, 11) is 2.97. The standard InChI is InChI=1S/C14H17NO4/c1-18-11-3-4-13-12(8-11)10(7-14(17)19-2)9-15(13)5-6-16/h3-4,8-9,16H,5-7H2,1-2H3. The van der Waals surface area contributed by atoms with Crippen LogP contribution in [0.5, 0.6) is 5.75 Å². The Morgan fingerprint density at radius 1 is 1.37 bits per heavy atom. The van der Waals surface area contributed by atoms with Crippen LogP contribution < -0.4 is 4.74 Å². The van der Waals surface area contributed by atoms with Gasteiger partial charge in [0, 0.05) is 23.6 Å². The molecule has 0 atom stereocenters. The number of rotatable bonds is 5. The Labute approximate surface area is 111 Å². The van der Waals surface area contributed by atoms with E-state index >= 15 is 0 Å². The van der Waals surface area contributed by atoms with Crippen LogP contribution >= 0.6 is 0 Å². The molecule has 2 aromatic rings. The molecule has 5 nitrogen and oxygen atoms in total. The van der Waals surface area contributed by atoms with Gasteiger partial charge in [-0.3, -0.25) is 4.79 Å². The molecule has 0 saturated carbocycles. The van der Waals surface area contributed by atoms with Crippen LogP contribution in [-0.2, 0) is 22.5 Å². The van der Waals surface area contributed by atoms with E-state index in [4.69, 9.17) is 14.6 Å². The molecule has 0 radical (unpaired) electrons. The molecular weight excluding hydrogens is 246 g/mol. The third kappa shape index (κ3) is 2.71. The highest BCUT2D eigenvalue weighted by Crippen LogP contribution is 2.26. The van der Waals surface area contributed by atoms with Gasteiger partial charge in [-0.1, -0.05) is 0 Å². The van der Waals surface area contributed by atoms with Crippen molar-refractivity contribution in [1.82, 2.24) is 4.57 Å². The number of hydrogen-bond acceptors (Lipinski definition) is 4. The fourth-order valence-electron chi connectivity index (χ4n) is 2.14. The Morgan fingerprint density at radius 3 is 2.79 bits per heavy atom. The van der Waals surface area contributed by atoms with E-state index in [1.54, 1.807) is 7.11 Å². The summed E-state index contributed by atoms with van der Waals surface area (Å²) in [6, 6.07) is 5.67. The molecule has 1 aromatic carbocycles. The normalized spacial score (nSPS) is 10.7. The number of hydrogen-bond donors (Lipinski definition) is 1. The van der Waals surface area contributed by atoms with Gasteiger partial charge >= 0.3 is 5.97 Å². The van der Waals surface area contributed by atoms with Crippen LogP contribution in [0.4, 0.5) is 0 Å². The van der Waals surface area contributed by atoms with Gasteiger partial charge < -0.3 is 19.1 Å². The number of aromatic nitrogens is 1. The monoisotopic (exact) mass is 263 g/mol. The second-order valence-electron chi connectivity index (χ2n) is 4.21. The van der Waals surface area contributed by atoms with Gasteiger partial charge in [-0.05, 0) is 23.8 Å². The van der Waals surface area contributed by atoms with Crippen LogP contribution in [-0.4, -0.2) is 36.5 Å². The summed E-state index contributed by atoms with van der Waals surface area (Å²) >= 11 is 0. The number of aliphatic hydroxyl groups is 1. The van der Waals surface area contributed by atoms with Gasteiger partial charge in [0.05, 0.1) is 27.2 Å². The first-order valence-corrected chi connectivity index (χ1v) is 6.03. The largest absolute Gasteiger partial charge is 0.497 e. The van der Waals surface area contributed by atoms with E-state index in [-0.39, 0.29) is 19.0 Å². The molecule has 0 spiro atoms. The second-order valence-corrected chi connectivity index (χ2v) is 4.21. The Kier molecular flexibility index (Phi) is 4.06. The molecule has 0 fully saturated rings. The van der Waals surface area contributed by atoms with E-state index in [1.807, 2.05) is 29.0 Å². The molecule has 5 heteroatoms. The lowest BCUT2D eigenvalue weighted by molar-refractivity contribution is -0.139. The first-order chi connectivity index (χ1) is 9.19. The summed E-state index contributed by atoms with van der Waals surface area (Å²) < 4.78 is 11.8. The lowest BCUT2D eigenvalue weighted by Gasteiger charge is -2.03. The summed E-state index contributed by atoms with van der Waals surface area (Å²) in [4.78, 5) is 11.4.